The second-order valence-electron chi connectivity index (χ2n) is 7.09. The van der Waals surface area contributed by atoms with E-state index >= 15 is 0 Å². The SMILES string of the molecule is Cc1ccc(/C(O)=C2/C(=O)C(=O)N(Cc3ccco3)C2c2ccncc2)cc1C. The molecule has 0 bridgehead atoms. The molecule has 1 atom stereocenters. The summed E-state index contributed by atoms with van der Waals surface area (Å²) in [6.45, 7) is 4.02. The van der Waals surface area contributed by atoms with Gasteiger partial charge in [0, 0.05) is 18.0 Å². The van der Waals surface area contributed by atoms with Crippen LogP contribution in [0.2, 0.25) is 0 Å². The van der Waals surface area contributed by atoms with Crippen molar-refractivity contribution in [2.45, 2.75) is 26.4 Å². The van der Waals surface area contributed by atoms with E-state index in [2.05, 4.69) is 4.98 Å². The molecule has 4 rings (SSSR count). The molecule has 6 heteroatoms. The molecule has 0 radical (unpaired) electrons. The maximum atomic E-state index is 12.9. The van der Waals surface area contributed by atoms with Crippen molar-refractivity contribution < 1.29 is 19.1 Å². The Morgan fingerprint density at radius 3 is 2.52 bits per heavy atom. The van der Waals surface area contributed by atoms with Crippen LogP contribution >= 0.6 is 0 Å². The van der Waals surface area contributed by atoms with Crippen LogP contribution in [0.1, 0.15) is 34.1 Å². The predicted molar refractivity (Wildman–Crippen MR) is 107 cm³/mol. The lowest BCUT2D eigenvalue weighted by molar-refractivity contribution is -0.140. The first kappa shape index (κ1) is 18.7. The van der Waals surface area contributed by atoms with Crippen molar-refractivity contribution in [2.24, 2.45) is 0 Å². The number of carbonyl (C=O) groups excluding carboxylic acids is 2. The molecule has 3 heterocycles. The lowest BCUT2D eigenvalue weighted by Gasteiger charge is -2.24. The minimum absolute atomic E-state index is 0.0657. The van der Waals surface area contributed by atoms with E-state index in [4.69, 9.17) is 4.42 Å². The molecule has 1 N–H and O–H groups in total. The van der Waals surface area contributed by atoms with Gasteiger partial charge < -0.3 is 14.4 Å². The molecule has 0 saturated carbocycles. The molecule has 2 aromatic heterocycles. The average molecular weight is 388 g/mol. The van der Waals surface area contributed by atoms with Crippen molar-refractivity contribution in [3.63, 3.8) is 0 Å². The Balaban J connectivity index is 1.87. The third-order valence-electron chi connectivity index (χ3n) is 5.25. The van der Waals surface area contributed by atoms with E-state index in [1.165, 1.54) is 11.2 Å². The number of aromatic nitrogens is 1. The van der Waals surface area contributed by atoms with Crippen molar-refractivity contribution in [2.75, 3.05) is 0 Å². The zero-order valence-corrected chi connectivity index (χ0v) is 16.1. The van der Waals surface area contributed by atoms with Gasteiger partial charge in [0.15, 0.2) is 0 Å². The molecule has 0 spiro atoms. The first-order chi connectivity index (χ1) is 14.0. The number of furan rings is 1. The largest absolute Gasteiger partial charge is 0.507 e. The normalized spacial score (nSPS) is 18.4. The van der Waals surface area contributed by atoms with Crippen molar-refractivity contribution in [3.05, 3.63) is 94.7 Å². The zero-order valence-electron chi connectivity index (χ0n) is 16.1. The number of amides is 1. The summed E-state index contributed by atoms with van der Waals surface area (Å²) < 4.78 is 5.38. The molecule has 1 aliphatic heterocycles. The molecule has 6 nitrogen and oxygen atoms in total. The molecule has 146 valence electrons. The van der Waals surface area contributed by atoms with E-state index in [1.54, 1.807) is 42.7 Å². The highest BCUT2D eigenvalue weighted by Crippen LogP contribution is 2.40. The fourth-order valence-electron chi connectivity index (χ4n) is 3.55. The molecule has 1 aliphatic rings. The summed E-state index contributed by atoms with van der Waals surface area (Å²) in [5.41, 5.74) is 3.32. The van der Waals surface area contributed by atoms with Crippen LogP contribution in [0, 0.1) is 13.8 Å². The van der Waals surface area contributed by atoms with Gasteiger partial charge in [-0.15, -0.1) is 0 Å². The number of benzene rings is 1. The predicted octanol–water partition coefficient (Wildman–Crippen LogP) is 3.91. The molecule has 1 amide bonds. The Labute approximate surface area is 168 Å². The van der Waals surface area contributed by atoms with Crippen molar-refractivity contribution in [1.82, 2.24) is 9.88 Å². The van der Waals surface area contributed by atoms with Gasteiger partial charge in [0.1, 0.15) is 11.5 Å². The Morgan fingerprint density at radius 1 is 1.10 bits per heavy atom. The number of aliphatic hydroxyl groups is 1. The minimum Gasteiger partial charge on any atom is -0.507 e. The summed E-state index contributed by atoms with van der Waals surface area (Å²) in [7, 11) is 0. The molecule has 1 saturated heterocycles. The van der Waals surface area contributed by atoms with Crippen LogP contribution in [0.3, 0.4) is 0 Å². The maximum Gasteiger partial charge on any atom is 0.296 e. The van der Waals surface area contributed by atoms with Gasteiger partial charge >= 0.3 is 0 Å². The van der Waals surface area contributed by atoms with E-state index in [-0.39, 0.29) is 17.9 Å². The number of hydrogen-bond donors (Lipinski definition) is 1. The van der Waals surface area contributed by atoms with Gasteiger partial charge in [-0.2, -0.15) is 0 Å². The van der Waals surface area contributed by atoms with Gasteiger partial charge in [-0.1, -0.05) is 12.1 Å². The zero-order chi connectivity index (χ0) is 20.5. The van der Waals surface area contributed by atoms with E-state index in [9.17, 15) is 14.7 Å². The second kappa shape index (κ2) is 7.39. The third-order valence-corrected chi connectivity index (χ3v) is 5.25. The molecule has 3 aromatic rings. The van der Waals surface area contributed by atoms with E-state index in [1.807, 2.05) is 26.0 Å². The second-order valence-corrected chi connectivity index (χ2v) is 7.09. The van der Waals surface area contributed by atoms with Crippen molar-refractivity contribution in [1.29, 1.82) is 0 Å². The topological polar surface area (TPSA) is 83.6 Å². The van der Waals surface area contributed by atoms with Crippen LogP contribution in [-0.2, 0) is 16.1 Å². The quantitative estimate of drug-likeness (QED) is 0.416. The molecular weight excluding hydrogens is 368 g/mol. The first-order valence-corrected chi connectivity index (χ1v) is 9.25. The number of nitrogens with zero attached hydrogens (tertiary/aromatic N) is 2. The number of rotatable bonds is 4. The summed E-state index contributed by atoms with van der Waals surface area (Å²) >= 11 is 0. The number of Topliss-reactive ketones (excluding diaryl/α,β-unsaturated/α-hetero) is 1. The summed E-state index contributed by atoms with van der Waals surface area (Å²) in [6, 6.07) is 11.7. The van der Waals surface area contributed by atoms with E-state index in [0.29, 0.717) is 16.9 Å². The van der Waals surface area contributed by atoms with Crippen molar-refractivity contribution in [3.8, 4) is 0 Å². The lowest BCUT2D eigenvalue weighted by atomic mass is 9.95. The van der Waals surface area contributed by atoms with Crippen molar-refractivity contribution >= 4 is 17.4 Å². The van der Waals surface area contributed by atoms with Crippen LogP contribution in [0.15, 0.2) is 71.1 Å². The maximum absolute atomic E-state index is 12.9. The molecule has 1 fully saturated rings. The summed E-state index contributed by atoms with van der Waals surface area (Å²) in [5.74, 6) is -1.02. The highest BCUT2D eigenvalue weighted by molar-refractivity contribution is 6.46. The van der Waals surface area contributed by atoms with Gasteiger partial charge in [0.05, 0.1) is 24.4 Å². The Morgan fingerprint density at radius 2 is 1.86 bits per heavy atom. The fourth-order valence-corrected chi connectivity index (χ4v) is 3.55. The van der Waals surface area contributed by atoms with Gasteiger partial charge in [0.2, 0.25) is 0 Å². The van der Waals surface area contributed by atoms with E-state index in [0.717, 1.165) is 11.1 Å². The van der Waals surface area contributed by atoms with Crippen LogP contribution in [-0.4, -0.2) is 26.7 Å². The monoisotopic (exact) mass is 388 g/mol. The standard InChI is InChI=1S/C23H20N2O4/c1-14-5-6-17(12-15(14)2)21(26)19-20(16-7-9-24-10-8-16)25(23(28)22(19)27)13-18-4-3-11-29-18/h3-12,20,26H,13H2,1-2H3/b21-19-. The molecule has 0 aliphatic carbocycles. The van der Waals surface area contributed by atoms with Gasteiger partial charge in [-0.05, 0) is 60.9 Å². The Hall–Kier alpha value is -3.67. The molecular formula is C23H20N2O4. The van der Waals surface area contributed by atoms with Gasteiger partial charge in [0.25, 0.3) is 11.7 Å². The average Bonchev–Trinajstić information content (AvgIpc) is 3.32. The number of likely N-dealkylation sites (tertiary alicyclic amines) is 1. The summed E-state index contributed by atoms with van der Waals surface area (Å²) in [5, 5.41) is 11.0. The number of hydrogen-bond acceptors (Lipinski definition) is 5. The molecule has 1 unspecified atom stereocenters. The van der Waals surface area contributed by atoms with E-state index < -0.39 is 17.7 Å². The van der Waals surface area contributed by atoms with Crippen LogP contribution in [0.25, 0.3) is 5.76 Å². The van der Waals surface area contributed by atoms with Crippen LogP contribution in [0.5, 0.6) is 0 Å². The smallest absolute Gasteiger partial charge is 0.296 e. The van der Waals surface area contributed by atoms with Gasteiger partial charge in [-0.25, -0.2) is 0 Å². The lowest BCUT2D eigenvalue weighted by Crippen LogP contribution is -2.29. The molecule has 1 aromatic carbocycles. The highest BCUT2D eigenvalue weighted by atomic mass is 16.3. The van der Waals surface area contributed by atoms with Crippen LogP contribution < -0.4 is 0 Å². The fraction of sp³-hybridized carbons (Fsp3) is 0.174. The van der Waals surface area contributed by atoms with Crippen LogP contribution in [0.4, 0.5) is 0 Å². The third kappa shape index (κ3) is 3.33. The summed E-state index contributed by atoms with van der Waals surface area (Å²) in [4.78, 5) is 31.2. The number of ketones is 1. The minimum atomic E-state index is -0.732. The number of aliphatic hydroxyl groups excluding tert-OH is 1. The Kier molecular flexibility index (Phi) is 4.76. The number of pyridine rings is 1. The molecule has 29 heavy (non-hydrogen) atoms. The summed E-state index contributed by atoms with van der Waals surface area (Å²) in [6.07, 6.45) is 4.71. The number of carbonyl (C=O) groups is 2. The first-order valence-electron chi connectivity index (χ1n) is 9.25. The Bertz CT molecular complexity index is 1100. The van der Waals surface area contributed by atoms with Gasteiger partial charge in [-0.3, -0.25) is 14.6 Å². The highest BCUT2D eigenvalue weighted by Gasteiger charge is 2.46. The number of aryl methyl sites for hydroxylation is 2.